The Labute approximate surface area is 141 Å². The Morgan fingerprint density at radius 1 is 1.25 bits per heavy atom. The van der Waals surface area contributed by atoms with E-state index in [2.05, 4.69) is 15.8 Å². The number of hydrogen-bond acceptors (Lipinski definition) is 6. The molecular formula is C16H24N4O4. The highest BCUT2D eigenvalue weighted by Gasteiger charge is 2.22. The van der Waals surface area contributed by atoms with Gasteiger partial charge in [0.15, 0.2) is 5.69 Å². The van der Waals surface area contributed by atoms with Crippen LogP contribution in [-0.2, 0) is 9.47 Å². The van der Waals surface area contributed by atoms with E-state index in [1.165, 1.54) is 0 Å². The van der Waals surface area contributed by atoms with E-state index in [0.29, 0.717) is 26.3 Å². The summed E-state index contributed by atoms with van der Waals surface area (Å²) in [5.41, 5.74) is 5.86. The topological polar surface area (TPSA) is 92.8 Å². The number of anilines is 1. The smallest absolute Gasteiger partial charge is 0.426 e. The number of carbonyl (C=O) groups is 2. The van der Waals surface area contributed by atoms with Gasteiger partial charge in [-0.3, -0.25) is 10.2 Å². The van der Waals surface area contributed by atoms with Crippen LogP contribution in [0, 0.1) is 6.92 Å². The molecule has 0 bridgehead atoms. The number of aryl methyl sites for hydroxylation is 1. The van der Waals surface area contributed by atoms with Gasteiger partial charge in [-0.15, -0.1) is 0 Å². The monoisotopic (exact) mass is 336 g/mol. The summed E-state index contributed by atoms with van der Waals surface area (Å²) in [7, 11) is 0. The maximum atomic E-state index is 12.4. The summed E-state index contributed by atoms with van der Waals surface area (Å²) in [5, 5.41) is 0. The minimum Gasteiger partial charge on any atom is -0.443 e. The average Bonchev–Trinajstić information content (AvgIpc) is 2.52. The number of amides is 2. The molecule has 0 saturated carbocycles. The van der Waals surface area contributed by atoms with Crippen molar-refractivity contribution in [1.82, 2.24) is 15.8 Å². The number of pyridine rings is 1. The van der Waals surface area contributed by atoms with Gasteiger partial charge in [-0.05, 0) is 39.3 Å². The van der Waals surface area contributed by atoms with Gasteiger partial charge in [0.2, 0.25) is 0 Å². The van der Waals surface area contributed by atoms with Crippen LogP contribution in [-0.4, -0.2) is 48.9 Å². The summed E-state index contributed by atoms with van der Waals surface area (Å²) in [4.78, 5) is 30.3. The number of nitrogens with zero attached hydrogens (tertiary/aromatic N) is 2. The number of rotatable bonds is 2. The fraction of sp³-hybridized carbons (Fsp3) is 0.562. The van der Waals surface area contributed by atoms with Crippen LogP contribution in [0.2, 0.25) is 0 Å². The Morgan fingerprint density at radius 3 is 2.54 bits per heavy atom. The zero-order valence-electron chi connectivity index (χ0n) is 14.5. The first-order valence-corrected chi connectivity index (χ1v) is 7.85. The minimum atomic E-state index is -0.726. The fourth-order valence-corrected chi connectivity index (χ4v) is 2.24. The van der Waals surface area contributed by atoms with Crippen LogP contribution < -0.4 is 15.8 Å². The van der Waals surface area contributed by atoms with Crippen molar-refractivity contribution in [3.63, 3.8) is 0 Å². The van der Waals surface area contributed by atoms with Crippen LogP contribution in [0.5, 0.6) is 0 Å². The van der Waals surface area contributed by atoms with E-state index < -0.39 is 17.6 Å². The molecule has 1 aliphatic heterocycles. The third-order valence-electron chi connectivity index (χ3n) is 3.25. The zero-order chi connectivity index (χ0) is 17.7. The standard InChI is InChI=1S/C16H24N4O4/c1-11-9-12(20-5-7-23-8-6-20)13(17-10-11)14(21)18-19-15(22)24-16(2,3)4/h9-10H,5-8H2,1-4H3,(H,18,21)(H,19,22). The first-order chi connectivity index (χ1) is 11.3. The molecule has 1 fully saturated rings. The molecule has 0 radical (unpaired) electrons. The Morgan fingerprint density at radius 2 is 1.92 bits per heavy atom. The van der Waals surface area contributed by atoms with Crippen molar-refractivity contribution >= 4 is 17.7 Å². The molecule has 2 heterocycles. The highest BCUT2D eigenvalue weighted by molar-refractivity contribution is 5.98. The first-order valence-electron chi connectivity index (χ1n) is 7.85. The fourth-order valence-electron chi connectivity index (χ4n) is 2.24. The quantitative estimate of drug-likeness (QED) is 0.793. The van der Waals surface area contributed by atoms with Gasteiger partial charge in [0, 0.05) is 19.3 Å². The highest BCUT2D eigenvalue weighted by atomic mass is 16.6. The summed E-state index contributed by atoms with van der Waals surface area (Å²) < 4.78 is 10.4. The normalized spacial score (nSPS) is 14.9. The lowest BCUT2D eigenvalue weighted by atomic mass is 10.2. The highest BCUT2D eigenvalue weighted by Crippen LogP contribution is 2.21. The molecule has 8 nitrogen and oxygen atoms in total. The van der Waals surface area contributed by atoms with Gasteiger partial charge in [-0.1, -0.05) is 0 Å². The van der Waals surface area contributed by atoms with Crippen molar-refractivity contribution in [2.45, 2.75) is 33.3 Å². The molecule has 0 unspecified atom stereocenters. The predicted molar refractivity (Wildman–Crippen MR) is 88.8 cm³/mol. The maximum absolute atomic E-state index is 12.4. The zero-order valence-corrected chi connectivity index (χ0v) is 14.5. The molecule has 2 amide bonds. The summed E-state index contributed by atoms with van der Waals surface area (Å²) in [6, 6.07) is 1.90. The lowest BCUT2D eigenvalue weighted by molar-refractivity contribution is 0.0483. The number of ether oxygens (including phenoxy) is 2. The second-order valence-corrected chi connectivity index (χ2v) is 6.56. The van der Waals surface area contributed by atoms with Crippen molar-refractivity contribution < 1.29 is 19.1 Å². The summed E-state index contributed by atoms with van der Waals surface area (Å²) >= 11 is 0. The van der Waals surface area contributed by atoms with E-state index in [1.807, 2.05) is 17.9 Å². The molecule has 1 aromatic heterocycles. The van der Waals surface area contributed by atoms with E-state index in [4.69, 9.17) is 9.47 Å². The second-order valence-electron chi connectivity index (χ2n) is 6.56. The number of nitrogens with one attached hydrogen (secondary N) is 2. The van der Waals surface area contributed by atoms with Gasteiger partial charge < -0.3 is 14.4 Å². The molecule has 2 N–H and O–H groups in total. The molecule has 24 heavy (non-hydrogen) atoms. The number of hydrogen-bond donors (Lipinski definition) is 2. The van der Waals surface area contributed by atoms with E-state index in [9.17, 15) is 9.59 Å². The molecule has 0 aromatic carbocycles. The van der Waals surface area contributed by atoms with Gasteiger partial charge >= 0.3 is 6.09 Å². The van der Waals surface area contributed by atoms with Crippen molar-refractivity contribution in [2.24, 2.45) is 0 Å². The molecular weight excluding hydrogens is 312 g/mol. The number of aromatic nitrogens is 1. The van der Waals surface area contributed by atoms with Crippen LogP contribution in [0.25, 0.3) is 0 Å². The first kappa shape index (κ1) is 18.0. The third kappa shape index (κ3) is 5.09. The molecule has 8 heteroatoms. The molecule has 1 saturated heterocycles. The summed E-state index contributed by atoms with van der Waals surface area (Å²) in [6.45, 7) is 9.72. The van der Waals surface area contributed by atoms with Crippen LogP contribution in [0.1, 0.15) is 36.8 Å². The van der Waals surface area contributed by atoms with E-state index in [0.717, 1.165) is 11.3 Å². The maximum Gasteiger partial charge on any atom is 0.426 e. The van der Waals surface area contributed by atoms with Gasteiger partial charge in [0.25, 0.3) is 5.91 Å². The van der Waals surface area contributed by atoms with E-state index in [1.54, 1.807) is 27.0 Å². The van der Waals surface area contributed by atoms with Crippen LogP contribution in [0.3, 0.4) is 0 Å². The molecule has 1 aliphatic rings. The van der Waals surface area contributed by atoms with Crippen LogP contribution in [0.15, 0.2) is 12.3 Å². The second kappa shape index (κ2) is 7.48. The number of carbonyl (C=O) groups excluding carboxylic acids is 2. The van der Waals surface area contributed by atoms with Crippen molar-refractivity contribution in [2.75, 3.05) is 31.2 Å². The lowest BCUT2D eigenvalue weighted by Crippen LogP contribution is -2.45. The molecule has 0 spiro atoms. The summed E-state index contributed by atoms with van der Waals surface area (Å²) in [6.07, 6.45) is 0.891. The molecule has 0 aliphatic carbocycles. The Bertz CT molecular complexity index is 607. The van der Waals surface area contributed by atoms with Crippen molar-refractivity contribution in [3.8, 4) is 0 Å². The van der Waals surface area contributed by atoms with E-state index in [-0.39, 0.29) is 5.69 Å². The molecule has 1 aromatic rings. The lowest BCUT2D eigenvalue weighted by Gasteiger charge is -2.30. The van der Waals surface area contributed by atoms with Gasteiger partial charge in [0.1, 0.15) is 5.60 Å². The van der Waals surface area contributed by atoms with Crippen LogP contribution in [0.4, 0.5) is 10.5 Å². The predicted octanol–water partition coefficient (Wildman–Crippen LogP) is 1.40. The van der Waals surface area contributed by atoms with Gasteiger partial charge in [-0.25, -0.2) is 15.2 Å². The van der Waals surface area contributed by atoms with Crippen LogP contribution >= 0.6 is 0 Å². The molecule has 2 rings (SSSR count). The third-order valence-corrected chi connectivity index (χ3v) is 3.25. The number of morpholine rings is 1. The largest absolute Gasteiger partial charge is 0.443 e. The summed E-state index contributed by atoms with van der Waals surface area (Å²) in [5.74, 6) is -0.498. The molecule has 0 atom stereocenters. The SMILES string of the molecule is Cc1cnc(C(=O)NNC(=O)OC(C)(C)C)c(N2CCOCC2)c1. The Kier molecular flexibility index (Phi) is 5.61. The van der Waals surface area contributed by atoms with Crippen molar-refractivity contribution in [1.29, 1.82) is 0 Å². The Hall–Kier alpha value is -2.35. The molecule has 132 valence electrons. The van der Waals surface area contributed by atoms with Gasteiger partial charge in [0.05, 0.1) is 18.9 Å². The van der Waals surface area contributed by atoms with Crippen molar-refractivity contribution in [3.05, 3.63) is 23.5 Å². The average molecular weight is 336 g/mol. The Balaban J connectivity index is 2.07. The number of hydrazine groups is 1. The van der Waals surface area contributed by atoms with Gasteiger partial charge in [-0.2, -0.15) is 0 Å². The minimum absolute atomic E-state index is 0.249. The van der Waals surface area contributed by atoms with E-state index >= 15 is 0 Å².